The first-order valence-corrected chi connectivity index (χ1v) is 7.90. The van der Waals surface area contributed by atoms with Gasteiger partial charge in [-0.05, 0) is 44.5 Å². The van der Waals surface area contributed by atoms with Crippen molar-refractivity contribution >= 4 is 0 Å². The van der Waals surface area contributed by atoms with Crippen molar-refractivity contribution in [2.24, 2.45) is 5.92 Å². The smallest absolute Gasteiger partial charge is 0.0363 e. The number of likely N-dealkylation sites (N-methyl/N-ethyl adjacent to an activating group) is 1. The molecule has 0 saturated carbocycles. The van der Waals surface area contributed by atoms with Crippen LogP contribution in [-0.2, 0) is 0 Å². The minimum absolute atomic E-state index is 0.611. The van der Waals surface area contributed by atoms with Crippen molar-refractivity contribution in [2.45, 2.75) is 41.5 Å². The van der Waals surface area contributed by atoms with E-state index in [2.05, 4.69) is 57.2 Å². The van der Waals surface area contributed by atoms with Crippen LogP contribution in [0.15, 0.2) is 35.6 Å². The molecule has 0 radical (unpaired) electrons. The van der Waals surface area contributed by atoms with Crippen LogP contribution in [-0.4, -0.2) is 43.0 Å². The summed E-state index contributed by atoms with van der Waals surface area (Å²) in [5.74, 6) is 0.611. The van der Waals surface area contributed by atoms with E-state index in [1.165, 1.54) is 16.8 Å². The maximum Gasteiger partial charge on any atom is 0.0363 e. The molecule has 0 N–H and O–H groups in total. The number of nitrogens with zero attached hydrogens (tertiary/aromatic N) is 2. The van der Waals surface area contributed by atoms with Crippen LogP contribution in [0.5, 0.6) is 0 Å². The van der Waals surface area contributed by atoms with Crippen LogP contribution >= 0.6 is 0 Å². The van der Waals surface area contributed by atoms with Gasteiger partial charge in [-0.1, -0.05) is 39.8 Å². The van der Waals surface area contributed by atoms with Crippen LogP contribution in [0, 0.1) is 5.92 Å². The summed E-state index contributed by atoms with van der Waals surface area (Å²) < 4.78 is 0. The Balaban J connectivity index is 0.00000172. The van der Waals surface area contributed by atoms with Crippen molar-refractivity contribution < 1.29 is 0 Å². The van der Waals surface area contributed by atoms with Gasteiger partial charge < -0.3 is 9.80 Å². The summed E-state index contributed by atoms with van der Waals surface area (Å²) in [6.45, 7) is 21.4. The third-order valence-corrected chi connectivity index (χ3v) is 3.93. The highest BCUT2D eigenvalue weighted by molar-refractivity contribution is 5.31. The molecular formula is C18H34N2. The molecular weight excluding hydrogens is 244 g/mol. The minimum Gasteiger partial charge on any atom is -0.369 e. The normalized spacial score (nSPS) is 18.4. The van der Waals surface area contributed by atoms with Crippen molar-refractivity contribution in [3.63, 3.8) is 0 Å². The summed E-state index contributed by atoms with van der Waals surface area (Å²) in [5.41, 5.74) is 4.10. The third kappa shape index (κ3) is 5.96. The van der Waals surface area contributed by atoms with Crippen molar-refractivity contribution in [1.82, 2.24) is 9.80 Å². The molecule has 1 aliphatic heterocycles. The number of hydrogen-bond acceptors (Lipinski definition) is 2. The molecule has 0 aliphatic carbocycles. The Morgan fingerprint density at radius 1 is 1.05 bits per heavy atom. The predicted octanol–water partition coefficient (Wildman–Crippen LogP) is 4.32. The average molecular weight is 278 g/mol. The van der Waals surface area contributed by atoms with E-state index in [4.69, 9.17) is 0 Å². The Bertz CT molecular complexity index is 342. The highest BCUT2D eigenvalue weighted by Gasteiger charge is 2.14. The molecule has 0 aromatic heterocycles. The first-order valence-electron chi connectivity index (χ1n) is 7.90. The molecule has 0 unspecified atom stereocenters. The molecule has 1 fully saturated rings. The second-order valence-corrected chi connectivity index (χ2v) is 5.58. The Labute approximate surface area is 126 Å². The van der Waals surface area contributed by atoms with E-state index in [-0.39, 0.29) is 0 Å². The van der Waals surface area contributed by atoms with Gasteiger partial charge in [0.05, 0.1) is 0 Å². The fourth-order valence-electron chi connectivity index (χ4n) is 2.13. The quantitative estimate of drug-likeness (QED) is 0.707. The van der Waals surface area contributed by atoms with Gasteiger partial charge in [0.15, 0.2) is 0 Å². The van der Waals surface area contributed by atoms with Gasteiger partial charge in [-0.3, -0.25) is 0 Å². The van der Waals surface area contributed by atoms with Crippen molar-refractivity contribution in [2.75, 3.05) is 33.2 Å². The van der Waals surface area contributed by atoms with E-state index < -0.39 is 0 Å². The van der Waals surface area contributed by atoms with E-state index in [1.807, 2.05) is 19.9 Å². The molecule has 0 aromatic rings. The van der Waals surface area contributed by atoms with Crippen LogP contribution in [0.1, 0.15) is 41.5 Å². The van der Waals surface area contributed by atoms with Gasteiger partial charge in [-0.2, -0.15) is 0 Å². The fraction of sp³-hybridized carbons (Fsp3) is 0.667. The zero-order chi connectivity index (χ0) is 15.7. The van der Waals surface area contributed by atoms with Crippen LogP contribution in [0.2, 0.25) is 0 Å². The molecule has 116 valence electrons. The van der Waals surface area contributed by atoms with Crippen molar-refractivity contribution in [3.05, 3.63) is 35.6 Å². The van der Waals surface area contributed by atoms with Gasteiger partial charge in [-0.15, -0.1) is 0 Å². The molecule has 1 aliphatic rings. The Kier molecular flexibility index (Phi) is 9.32. The zero-order valence-electron chi connectivity index (χ0n) is 14.7. The highest BCUT2D eigenvalue weighted by Crippen LogP contribution is 2.18. The molecule has 0 spiro atoms. The van der Waals surface area contributed by atoms with Gasteiger partial charge in [0.1, 0.15) is 0 Å². The topological polar surface area (TPSA) is 6.48 Å². The third-order valence-electron chi connectivity index (χ3n) is 3.93. The fourth-order valence-corrected chi connectivity index (χ4v) is 2.13. The Morgan fingerprint density at radius 2 is 1.55 bits per heavy atom. The lowest BCUT2D eigenvalue weighted by atomic mass is 9.99. The molecule has 0 bridgehead atoms. The average Bonchev–Trinajstić information content (AvgIpc) is 2.46. The van der Waals surface area contributed by atoms with Crippen LogP contribution in [0.4, 0.5) is 0 Å². The van der Waals surface area contributed by atoms with Crippen LogP contribution < -0.4 is 0 Å². The van der Waals surface area contributed by atoms with E-state index >= 15 is 0 Å². The summed E-state index contributed by atoms with van der Waals surface area (Å²) in [7, 11) is 2.18. The van der Waals surface area contributed by atoms with Crippen molar-refractivity contribution in [3.8, 4) is 0 Å². The highest BCUT2D eigenvalue weighted by atomic mass is 15.2. The minimum atomic E-state index is 0.611. The lowest BCUT2D eigenvalue weighted by Crippen LogP contribution is -2.43. The maximum absolute atomic E-state index is 3.97. The Morgan fingerprint density at radius 3 is 1.95 bits per heavy atom. The van der Waals surface area contributed by atoms with E-state index in [0.717, 1.165) is 26.2 Å². The molecule has 20 heavy (non-hydrogen) atoms. The SMILES string of the molecule is C=C/C(=C\C(C)=C(/C)C(C)C)N1CCN(C)CC1.CC. The van der Waals surface area contributed by atoms with E-state index in [0.29, 0.717) is 5.92 Å². The monoisotopic (exact) mass is 278 g/mol. The first kappa shape index (κ1) is 19.0. The predicted molar refractivity (Wildman–Crippen MR) is 91.9 cm³/mol. The van der Waals surface area contributed by atoms with Gasteiger partial charge in [-0.25, -0.2) is 0 Å². The number of hydrogen-bond donors (Lipinski definition) is 0. The number of allylic oxidation sites excluding steroid dienone is 4. The molecule has 0 amide bonds. The molecule has 0 atom stereocenters. The molecule has 0 aromatic carbocycles. The lowest BCUT2D eigenvalue weighted by molar-refractivity contribution is 0.190. The molecule has 1 heterocycles. The maximum atomic E-state index is 3.97. The number of piperazine rings is 1. The van der Waals surface area contributed by atoms with E-state index in [1.54, 1.807) is 0 Å². The Hall–Kier alpha value is -1.02. The summed E-state index contributed by atoms with van der Waals surface area (Å²) in [4.78, 5) is 4.81. The van der Waals surface area contributed by atoms with Gasteiger partial charge in [0.25, 0.3) is 0 Å². The summed E-state index contributed by atoms with van der Waals surface area (Å²) >= 11 is 0. The summed E-state index contributed by atoms with van der Waals surface area (Å²) in [6.07, 6.45) is 4.27. The summed E-state index contributed by atoms with van der Waals surface area (Å²) in [6, 6.07) is 0. The van der Waals surface area contributed by atoms with E-state index in [9.17, 15) is 0 Å². The summed E-state index contributed by atoms with van der Waals surface area (Å²) in [5, 5.41) is 0. The largest absolute Gasteiger partial charge is 0.369 e. The second-order valence-electron chi connectivity index (χ2n) is 5.58. The van der Waals surface area contributed by atoms with Crippen molar-refractivity contribution in [1.29, 1.82) is 0 Å². The molecule has 1 saturated heterocycles. The number of rotatable bonds is 4. The molecule has 2 heteroatoms. The van der Waals surface area contributed by atoms with Crippen LogP contribution in [0.3, 0.4) is 0 Å². The lowest BCUT2D eigenvalue weighted by Gasteiger charge is -2.34. The van der Waals surface area contributed by atoms with Gasteiger partial charge in [0, 0.05) is 31.9 Å². The van der Waals surface area contributed by atoms with Gasteiger partial charge >= 0.3 is 0 Å². The van der Waals surface area contributed by atoms with Gasteiger partial charge in [0.2, 0.25) is 0 Å². The molecule has 1 rings (SSSR count). The first-order chi connectivity index (χ1) is 9.45. The standard InChI is InChI=1S/C16H28N2.C2H6/c1-7-16(12-14(4)15(5)13(2)3)18-10-8-17(6)9-11-18;1-2/h7,12-13H,1,8-11H2,2-6H3;1-2H3/b15-14+,16-12+;. The second kappa shape index (κ2) is 9.82. The zero-order valence-corrected chi connectivity index (χ0v) is 14.7. The molecule has 2 nitrogen and oxygen atoms in total. The van der Waals surface area contributed by atoms with Crippen LogP contribution in [0.25, 0.3) is 0 Å².